The largest absolute Gasteiger partial charge is 0.497 e. The molecule has 1 aliphatic rings. The van der Waals surface area contributed by atoms with Crippen molar-refractivity contribution >= 4 is 11.8 Å². The number of aryl methyl sites for hydroxylation is 1. The van der Waals surface area contributed by atoms with Crippen LogP contribution in [-0.4, -0.2) is 53.8 Å². The molecule has 1 saturated heterocycles. The fourth-order valence-corrected chi connectivity index (χ4v) is 3.78. The van der Waals surface area contributed by atoms with Crippen LogP contribution in [0.4, 0.5) is 0 Å². The maximum atomic E-state index is 13.0. The molecular formula is C24H31N3O3. The number of piperidine rings is 1. The predicted octanol–water partition coefficient (Wildman–Crippen LogP) is 3.09. The van der Waals surface area contributed by atoms with Gasteiger partial charge in [0.05, 0.1) is 25.3 Å². The number of nitrogens with zero attached hydrogens (tertiary/aromatic N) is 3. The second-order valence-corrected chi connectivity index (χ2v) is 7.88. The average Bonchev–Trinajstić information content (AvgIpc) is 2.79. The highest BCUT2D eigenvalue weighted by Gasteiger charge is 2.31. The Hall–Kier alpha value is -2.89. The summed E-state index contributed by atoms with van der Waals surface area (Å²) in [5.74, 6) is 0.879. The zero-order valence-electron chi connectivity index (χ0n) is 18.1. The molecule has 3 rings (SSSR count). The van der Waals surface area contributed by atoms with Crippen LogP contribution in [0.5, 0.6) is 5.75 Å². The Balaban J connectivity index is 1.54. The van der Waals surface area contributed by atoms with Crippen molar-refractivity contribution in [2.45, 2.75) is 39.2 Å². The van der Waals surface area contributed by atoms with Crippen LogP contribution >= 0.6 is 0 Å². The van der Waals surface area contributed by atoms with Crippen LogP contribution in [0.2, 0.25) is 0 Å². The van der Waals surface area contributed by atoms with Crippen molar-refractivity contribution in [2.24, 2.45) is 5.92 Å². The van der Waals surface area contributed by atoms with Gasteiger partial charge in [-0.15, -0.1) is 0 Å². The van der Waals surface area contributed by atoms with Crippen LogP contribution in [0.15, 0.2) is 42.6 Å². The van der Waals surface area contributed by atoms with E-state index < -0.39 is 0 Å². The highest BCUT2D eigenvalue weighted by atomic mass is 16.5. The van der Waals surface area contributed by atoms with E-state index in [2.05, 4.69) is 18.0 Å². The van der Waals surface area contributed by atoms with Gasteiger partial charge in [-0.2, -0.15) is 0 Å². The number of likely N-dealkylation sites (tertiary alicyclic amines) is 1. The molecule has 0 saturated carbocycles. The number of amides is 2. The Morgan fingerprint density at radius 3 is 2.57 bits per heavy atom. The summed E-state index contributed by atoms with van der Waals surface area (Å²) in [5, 5.41) is 0. The van der Waals surface area contributed by atoms with E-state index >= 15 is 0 Å². The van der Waals surface area contributed by atoms with Crippen molar-refractivity contribution in [1.29, 1.82) is 0 Å². The van der Waals surface area contributed by atoms with E-state index in [1.54, 1.807) is 12.0 Å². The number of carbonyl (C=O) groups is 2. The Labute approximate surface area is 178 Å². The molecule has 30 heavy (non-hydrogen) atoms. The van der Waals surface area contributed by atoms with Crippen LogP contribution in [-0.2, 0) is 29.0 Å². The van der Waals surface area contributed by atoms with Crippen LogP contribution in [0.25, 0.3) is 0 Å². The van der Waals surface area contributed by atoms with Crippen molar-refractivity contribution < 1.29 is 14.3 Å². The zero-order chi connectivity index (χ0) is 21.5. The average molecular weight is 410 g/mol. The minimum absolute atomic E-state index is 0.0818. The summed E-state index contributed by atoms with van der Waals surface area (Å²) in [6.45, 7) is 3.69. The first-order valence-corrected chi connectivity index (χ1v) is 10.6. The normalized spacial score (nSPS) is 16.4. The smallest absolute Gasteiger partial charge is 0.227 e. The van der Waals surface area contributed by atoms with Crippen LogP contribution in [0.1, 0.15) is 36.6 Å². The lowest BCUT2D eigenvalue weighted by molar-refractivity contribution is -0.142. The Morgan fingerprint density at radius 2 is 1.93 bits per heavy atom. The third kappa shape index (κ3) is 5.59. The lowest BCUT2D eigenvalue weighted by Gasteiger charge is -2.34. The first-order chi connectivity index (χ1) is 14.5. The zero-order valence-corrected chi connectivity index (χ0v) is 18.1. The quantitative estimate of drug-likeness (QED) is 0.672. The Kier molecular flexibility index (Phi) is 7.44. The molecule has 160 valence electrons. The standard InChI is InChI=1S/C24H31N3O3/c1-4-18-5-9-21(25-15-18)17-26(2)24(29)20-8-12-23(28)27(16-20)14-13-19-6-10-22(30-3)11-7-19/h5-7,9-11,15,20H,4,8,12-14,16-17H2,1-3H3/t20-/m0/s1. The third-order valence-electron chi connectivity index (χ3n) is 5.75. The maximum Gasteiger partial charge on any atom is 0.227 e. The Morgan fingerprint density at radius 1 is 1.20 bits per heavy atom. The lowest BCUT2D eigenvalue weighted by Crippen LogP contribution is -2.46. The SMILES string of the molecule is CCc1ccc(CN(C)C(=O)[C@H]2CCC(=O)N(CCc3ccc(OC)cc3)C2)nc1. The van der Waals surface area contributed by atoms with E-state index in [1.165, 1.54) is 5.56 Å². The number of hydrogen-bond donors (Lipinski definition) is 0. The highest BCUT2D eigenvalue weighted by Crippen LogP contribution is 2.21. The second-order valence-electron chi connectivity index (χ2n) is 7.88. The number of carbonyl (C=O) groups excluding carboxylic acids is 2. The fourth-order valence-electron chi connectivity index (χ4n) is 3.78. The number of aromatic nitrogens is 1. The second kappa shape index (κ2) is 10.2. The molecule has 2 heterocycles. The number of rotatable bonds is 8. The molecule has 0 radical (unpaired) electrons. The van der Waals surface area contributed by atoms with Gasteiger partial charge in [-0.25, -0.2) is 0 Å². The summed E-state index contributed by atoms with van der Waals surface area (Å²) >= 11 is 0. The molecular weight excluding hydrogens is 378 g/mol. The van der Waals surface area contributed by atoms with E-state index in [4.69, 9.17) is 4.74 Å². The number of benzene rings is 1. The van der Waals surface area contributed by atoms with Crippen molar-refractivity contribution in [1.82, 2.24) is 14.8 Å². The molecule has 0 bridgehead atoms. The van der Waals surface area contributed by atoms with Crippen LogP contribution in [0, 0.1) is 5.92 Å². The van der Waals surface area contributed by atoms with Crippen LogP contribution in [0.3, 0.4) is 0 Å². The first-order valence-electron chi connectivity index (χ1n) is 10.6. The van der Waals surface area contributed by atoms with Gasteiger partial charge in [0.15, 0.2) is 0 Å². The van der Waals surface area contributed by atoms with Gasteiger partial charge in [0.25, 0.3) is 0 Å². The minimum atomic E-state index is -0.154. The highest BCUT2D eigenvalue weighted by molar-refractivity contribution is 5.83. The van der Waals surface area contributed by atoms with Crippen molar-refractivity contribution in [3.8, 4) is 5.75 Å². The maximum absolute atomic E-state index is 13.0. The van der Waals surface area contributed by atoms with Gasteiger partial charge in [0.2, 0.25) is 11.8 Å². The minimum Gasteiger partial charge on any atom is -0.497 e. The topological polar surface area (TPSA) is 62.7 Å². The van der Waals surface area contributed by atoms with Crippen molar-refractivity contribution in [3.05, 3.63) is 59.4 Å². The lowest BCUT2D eigenvalue weighted by atomic mass is 9.95. The van der Waals surface area contributed by atoms with Gasteiger partial charge in [0.1, 0.15) is 5.75 Å². The number of pyridine rings is 1. The molecule has 1 aromatic carbocycles. The molecule has 0 spiro atoms. The van der Waals surface area contributed by atoms with Crippen molar-refractivity contribution in [2.75, 3.05) is 27.2 Å². The first kappa shape index (κ1) is 21.8. The molecule has 2 amide bonds. The van der Waals surface area contributed by atoms with Crippen LogP contribution < -0.4 is 4.74 Å². The number of methoxy groups -OCH3 is 1. The van der Waals surface area contributed by atoms with Gasteiger partial charge in [-0.3, -0.25) is 14.6 Å². The summed E-state index contributed by atoms with van der Waals surface area (Å²) in [7, 11) is 3.46. The van der Waals surface area contributed by atoms with E-state index in [-0.39, 0.29) is 17.7 Å². The van der Waals surface area contributed by atoms with Gasteiger partial charge < -0.3 is 14.5 Å². The monoisotopic (exact) mass is 409 g/mol. The van der Waals surface area contributed by atoms with Gasteiger partial charge >= 0.3 is 0 Å². The fraction of sp³-hybridized carbons (Fsp3) is 0.458. The molecule has 0 unspecified atom stereocenters. The predicted molar refractivity (Wildman–Crippen MR) is 116 cm³/mol. The molecule has 2 aromatic rings. The molecule has 1 atom stereocenters. The summed E-state index contributed by atoms with van der Waals surface area (Å²) in [6, 6.07) is 11.9. The molecule has 0 N–H and O–H groups in total. The van der Waals surface area contributed by atoms with Gasteiger partial charge in [-0.05, 0) is 48.6 Å². The summed E-state index contributed by atoms with van der Waals surface area (Å²) in [5.41, 5.74) is 3.22. The van der Waals surface area contributed by atoms with E-state index in [0.717, 1.165) is 29.8 Å². The number of hydrogen-bond acceptors (Lipinski definition) is 4. The molecule has 0 aliphatic carbocycles. The van der Waals surface area contributed by atoms with Gasteiger partial charge in [0, 0.05) is 32.8 Å². The van der Waals surface area contributed by atoms with Crippen molar-refractivity contribution in [3.63, 3.8) is 0 Å². The Bertz CT molecular complexity index is 849. The van der Waals surface area contributed by atoms with E-state index in [1.807, 2.05) is 48.5 Å². The summed E-state index contributed by atoms with van der Waals surface area (Å²) < 4.78 is 5.19. The molecule has 6 heteroatoms. The molecule has 1 fully saturated rings. The third-order valence-corrected chi connectivity index (χ3v) is 5.75. The van der Waals surface area contributed by atoms with Gasteiger partial charge in [-0.1, -0.05) is 25.1 Å². The van der Waals surface area contributed by atoms with E-state index in [9.17, 15) is 9.59 Å². The summed E-state index contributed by atoms with van der Waals surface area (Å²) in [4.78, 5) is 33.4. The van der Waals surface area contributed by atoms with E-state index in [0.29, 0.717) is 32.5 Å². The number of ether oxygens (including phenoxy) is 1. The summed E-state index contributed by atoms with van der Waals surface area (Å²) in [6.07, 6.45) is 4.62. The molecule has 1 aromatic heterocycles. The molecule has 1 aliphatic heterocycles. The molecule has 6 nitrogen and oxygen atoms in total.